The van der Waals surface area contributed by atoms with Crippen molar-refractivity contribution in [3.05, 3.63) is 12.1 Å². The SMILES string of the molecule is CCCCCCCOc1cc(OC)cc(OC)c1N. The van der Waals surface area contributed by atoms with Crippen LogP contribution in [0.15, 0.2) is 12.1 Å². The lowest BCUT2D eigenvalue weighted by Crippen LogP contribution is -2.02. The van der Waals surface area contributed by atoms with E-state index in [0.29, 0.717) is 29.5 Å². The molecule has 0 amide bonds. The Kier molecular flexibility index (Phi) is 6.93. The molecule has 1 aromatic carbocycles. The van der Waals surface area contributed by atoms with Gasteiger partial charge in [-0.2, -0.15) is 0 Å². The van der Waals surface area contributed by atoms with Crippen molar-refractivity contribution in [3.63, 3.8) is 0 Å². The third kappa shape index (κ3) is 4.89. The molecule has 0 atom stereocenters. The van der Waals surface area contributed by atoms with Gasteiger partial charge in [-0.05, 0) is 6.42 Å². The second-order valence-electron chi connectivity index (χ2n) is 4.50. The van der Waals surface area contributed by atoms with Crippen molar-refractivity contribution in [1.29, 1.82) is 0 Å². The van der Waals surface area contributed by atoms with Gasteiger partial charge in [0.2, 0.25) is 0 Å². The van der Waals surface area contributed by atoms with Crippen molar-refractivity contribution in [2.75, 3.05) is 26.6 Å². The fourth-order valence-corrected chi connectivity index (χ4v) is 1.87. The van der Waals surface area contributed by atoms with Gasteiger partial charge in [0.05, 0.1) is 20.8 Å². The molecule has 19 heavy (non-hydrogen) atoms. The smallest absolute Gasteiger partial charge is 0.149 e. The second kappa shape index (κ2) is 8.51. The van der Waals surface area contributed by atoms with Crippen molar-refractivity contribution in [3.8, 4) is 17.2 Å². The summed E-state index contributed by atoms with van der Waals surface area (Å²) in [6.45, 7) is 2.88. The third-order valence-electron chi connectivity index (χ3n) is 3.04. The zero-order valence-corrected chi connectivity index (χ0v) is 12.2. The Balaban J connectivity index is 2.52. The summed E-state index contributed by atoms with van der Waals surface area (Å²) < 4.78 is 16.1. The van der Waals surface area contributed by atoms with E-state index in [-0.39, 0.29) is 0 Å². The number of hydrogen-bond acceptors (Lipinski definition) is 4. The first-order chi connectivity index (χ1) is 9.22. The molecule has 0 aliphatic heterocycles. The van der Waals surface area contributed by atoms with Crippen LogP contribution in [0.4, 0.5) is 5.69 Å². The summed E-state index contributed by atoms with van der Waals surface area (Å²) in [6, 6.07) is 3.55. The molecular formula is C15H25NO3. The lowest BCUT2D eigenvalue weighted by Gasteiger charge is -2.13. The van der Waals surface area contributed by atoms with Gasteiger partial charge in [-0.1, -0.05) is 32.6 Å². The van der Waals surface area contributed by atoms with Gasteiger partial charge in [-0.3, -0.25) is 0 Å². The van der Waals surface area contributed by atoms with E-state index in [2.05, 4.69) is 6.92 Å². The number of anilines is 1. The van der Waals surface area contributed by atoms with Crippen LogP contribution in [0.5, 0.6) is 17.2 Å². The van der Waals surface area contributed by atoms with Gasteiger partial charge >= 0.3 is 0 Å². The van der Waals surface area contributed by atoms with Gasteiger partial charge in [0, 0.05) is 12.1 Å². The minimum atomic E-state index is 0.525. The highest BCUT2D eigenvalue weighted by Crippen LogP contribution is 2.36. The molecule has 1 aromatic rings. The van der Waals surface area contributed by atoms with E-state index in [4.69, 9.17) is 19.9 Å². The van der Waals surface area contributed by atoms with Crippen molar-refractivity contribution in [2.45, 2.75) is 39.0 Å². The molecule has 1 rings (SSSR count). The maximum absolute atomic E-state index is 5.97. The van der Waals surface area contributed by atoms with Gasteiger partial charge in [0.15, 0.2) is 0 Å². The van der Waals surface area contributed by atoms with Crippen molar-refractivity contribution < 1.29 is 14.2 Å². The lowest BCUT2D eigenvalue weighted by atomic mass is 10.2. The predicted molar refractivity (Wildman–Crippen MR) is 78.2 cm³/mol. The van der Waals surface area contributed by atoms with Crippen molar-refractivity contribution in [1.82, 2.24) is 0 Å². The van der Waals surface area contributed by atoms with E-state index in [9.17, 15) is 0 Å². The molecule has 0 saturated heterocycles. The number of rotatable bonds is 9. The summed E-state index contributed by atoms with van der Waals surface area (Å²) in [5.41, 5.74) is 6.50. The molecule has 2 N–H and O–H groups in total. The number of nitrogens with two attached hydrogens (primary N) is 1. The number of ether oxygens (including phenoxy) is 3. The van der Waals surface area contributed by atoms with Crippen molar-refractivity contribution >= 4 is 5.69 Å². The fourth-order valence-electron chi connectivity index (χ4n) is 1.87. The first-order valence-corrected chi connectivity index (χ1v) is 6.87. The first-order valence-electron chi connectivity index (χ1n) is 6.87. The number of benzene rings is 1. The average molecular weight is 267 g/mol. The van der Waals surface area contributed by atoms with E-state index in [1.807, 2.05) is 0 Å². The van der Waals surface area contributed by atoms with Crippen LogP contribution < -0.4 is 19.9 Å². The second-order valence-corrected chi connectivity index (χ2v) is 4.50. The number of nitrogen functional groups attached to an aromatic ring is 1. The Morgan fingerprint density at radius 3 is 2.26 bits per heavy atom. The third-order valence-corrected chi connectivity index (χ3v) is 3.04. The average Bonchev–Trinajstić information content (AvgIpc) is 2.44. The number of hydrogen-bond donors (Lipinski definition) is 1. The highest BCUT2D eigenvalue weighted by Gasteiger charge is 2.10. The monoisotopic (exact) mass is 267 g/mol. The van der Waals surface area contributed by atoms with Gasteiger partial charge in [0.25, 0.3) is 0 Å². The van der Waals surface area contributed by atoms with E-state index in [1.165, 1.54) is 25.7 Å². The minimum absolute atomic E-state index is 0.525. The Labute approximate surface area is 115 Å². The van der Waals surface area contributed by atoms with Gasteiger partial charge in [0.1, 0.15) is 22.9 Å². The molecule has 0 fully saturated rings. The summed E-state index contributed by atoms with van der Waals surface area (Å²) in [4.78, 5) is 0. The van der Waals surface area contributed by atoms with Gasteiger partial charge < -0.3 is 19.9 Å². The highest BCUT2D eigenvalue weighted by molar-refractivity contribution is 5.65. The summed E-state index contributed by atoms with van der Waals surface area (Å²) in [7, 11) is 3.19. The van der Waals surface area contributed by atoms with Crippen LogP contribution in [0.25, 0.3) is 0 Å². The molecule has 4 heteroatoms. The van der Waals surface area contributed by atoms with Crippen molar-refractivity contribution in [2.24, 2.45) is 0 Å². The van der Waals surface area contributed by atoms with Crippen LogP contribution in [-0.4, -0.2) is 20.8 Å². The molecule has 0 aliphatic carbocycles. The van der Waals surface area contributed by atoms with Crippen LogP contribution in [-0.2, 0) is 0 Å². The molecule has 0 aromatic heterocycles. The van der Waals surface area contributed by atoms with E-state index in [1.54, 1.807) is 26.4 Å². The Bertz CT molecular complexity index is 380. The standard InChI is InChI=1S/C15H25NO3/c1-4-5-6-7-8-9-19-14-11-12(17-2)10-13(18-3)15(14)16/h10-11H,4-9,16H2,1-3H3. The lowest BCUT2D eigenvalue weighted by molar-refractivity contribution is 0.301. The maximum atomic E-state index is 5.97. The Hall–Kier alpha value is -1.58. The molecule has 4 nitrogen and oxygen atoms in total. The minimum Gasteiger partial charge on any atom is -0.496 e. The summed E-state index contributed by atoms with van der Waals surface area (Å²) in [6.07, 6.45) is 6.03. The topological polar surface area (TPSA) is 53.7 Å². The molecule has 0 saturated carbocycles. The van der Waals surface area contributed by atoms with Crippen LogP contribution in [0.3, 0.4) is 0 Å². The first kappa shape index (κ1) is 15.5. The zero-order chi connectivity index (χ0) is 14.1. The van der Waals surface area contributed by atoms with E-state index in [0.717, 1.165) is 6.42 Å². The summed E-state index contributed by atoms with van der Waals surface area (Å²) in [5.74, 6) is 1.90. The highest BCUT2D eigenvalue weighted by atomic mass is 16.5. The van der Waals surface area contributed by atoms with Crippen LogP contribution in [0.1, 0.15) is 39.0 Å². The molecule has 0 unspecified atom stereocenters. The van der Waals surface area contributed by atoms with Gasteiger partial charge in [-0.25, -0.2) is 0 Å². The zero-order valence-electron chi connectivity index (χ0n) is 12.2. The Morgan fingerprint density at radius 1 is 0.947 bits per heavy atom. The maximum Gasteiger partial charge on any atom is 0.149 e. The summed E-state index contributed by atoms with van der Waals surface area (Å²) >= 11 is 0. The quantitative estimate of drug-likeness (QED) is 0.548. The molecule has 108 valence electrons. The normalized spacial score (nSPS) is 10.3. The largest absolute Gasteiger partial charge is 0.496 e. The molecule has 0 bridgehead atoms. The molecular weight excluding hydrogens is 242 g/mol. The van der Waals surface area contributed by atoms with E-state index < -0.39 is 0 Å². The number of unbranched alkanes of at least 4 members (excludes halogenated alkanes) is 4. The Morgan fingerprint density at radius 2 is 1.63 bits per heavy atom. The van der Waals surface area contributed by atoms with E-state index >= 15 is 0 Å². The van der Waals surface area contributed by atoms with Gasteiger partial charge in [-0.15, -0.1) is 0 Å². The number of methoxy groups -OCH3 is 2. The predicted octanol–water partition coefficient (Wildman–Crippen LogP) is 3.64. The van der Waals surface area contributed by atoms with Crippen LogP contribution in [0, 0.1) is 0 Å². The molecule has 0 radical (unpaired) electrons. The molecule has 0 heterocycles. The van der Waals surface area contributed by atoms with Crippen LogP contribution in [0.2, 0.25) is 0 Å². The summed E-state index contributed by atoms with van der Waals surface area (Å²) in [5, 5.41) is 0. The fraction of sp³-hybridized carbons (Fsp3) is 0.600. The molecule has 0 spiro atoms. The van der Waals surface area contributed by atoms with Crippen LogP contribution >= 0.6 is 0 Å². The molecule has 0 aliphatic rings.